The minimum absolute atomic E-state index is 0.282. The molecular formula is C13H11NO4S. The number of amides is 1. The maximum absolute atomic E-state index is 11.5. The Hall–Kier alpha value is -2.08. The Morgan fingerprint density at radius 1 is 1.42 bits per heavy atom. The summed E-state index contributed by atoms with van der Waals surface area (Å²) in [5.74, 6) is -0.955. The van der Waals surface area contributed by atoms with Crippen molar-refractivity contribution in [1.82, 2.24) is 4.90 Å². The quantitative estimate of drug-likeness (QED) is 0.936. The summed E-state index contributed by atoms with van der Waals surface area (Å²) >= 11 is 1.24. The lowest BCUT2D eigenvalue weighted by Gasteiger charge is -2.12. The Labute approximate surface area is 113 Å². The van der Waals surface area contributed by atoms with Gasteiger partial charge in [0.25, 0.3) is 0 Å². The van der Waals surface area contributed by atoms with Crippen LogP contribution in [0.3, 0.4) is 0 Å². The molecule has 0 aliphatic carbocycles. The lowest BCUT2D eigenvalue weighted by molar-refractivity contribution is 0.0700. The third kappa shape index (κ3) is 2.04. The van der Waals surface area contributed by atoms with E-state index in [1.165, 1.54) is 16.2 Å². The van der Waals surface area contributed by atoms with Gasteiger partial charge in [0.05, 0.1) is 13.1 Å². The largest absolute Gasteiger partial charge is 0.477 e. The molecule has 0 atom stereocenters. The number of ether oxygens (including phenoxy) is 1. The summed E-state index contributed by atoms with van der Waals surface area (Å²) in [5, 5.41) is 10.2. The second-order valence-corrected chi connectivity index (χ2v) is 5.30. The first-order valence-electron chi connectivity index (χ1n) is 5.82. The first-order valence-corrected chi connectivity index (χ1v) is 6.64. The molecule has 0 spiro atoms. The van der Waals surface area contributed by atoms with Crippen molar-refractivity contribution in [2.75, 3.05) is 13.2 Å². The van der Waals surface area contributed by atoms with Crippen LogP contribution < -0.4 is 0 Å². The molecule has 98 valence electrons. The number of thiophene rings is 1. The number of fused-ring (bicyclic) bond motifs is 1. The van der Waals surface area contributed by atoms with Crippen LogP contribution in [0.15, 0.2) is 24.3 Å². The minimum Gasteiger partial charge on any atom is -0.477 e. The Balaban J connectivity index is 2.07. The first-order chi connectivity index (χ1) is 9.16. The molecule has 1 N–H and O–H groups in total. The maximum atomic E-state index is 11.5. The molecule has 0 bridgehead atoms. The molecule has 0 unspecified atom stereocenters. The number of carbonyl (C=O) groups excluding carboxylic acids is 1. The lowest BCUT2D eigenvalue weighted by Crippen LogP contribution is -2.24. The predicted octanol–water partition coefficient (Wildman–Crippen LogP) is 2.55. The smallest absolute Gasteiger partial charge is 0.410 e. The number of hydrogen-bond donors (Lipinski definition) is 1. The van der Waals surface area contributed by atoms with E-state index in [1.807, 2.05) is 24.3 Å². The average molecular weight is 277 g/mol. The highest BCUT2D eigenvalue weighted by Gasteiger charge is 2.26. The molecule has 2 heterocycles. The van der Waals surface area contributed by atoms with Crippen molar-refractivity contribution in [3.63, 3.8) is 0 Å². The summed E-state index contributed by atoms with van der Waals surface area (Å²) in [7, 11) is 0. The van der Waals surface area contributed by atoms with Gasteiger partial charge in [0, 0.05) is 10.3 Å². The van der Waals surface area contributed by atoms with E-state index in [1.54, 1.807) is 0 Å². The Kier molecular flexibility index (Phi) is 2.87. The Bertz CT molecular complexity index is 664. The predicted molar refractivity (Wildman–Crippen MR) is 70.5 cm³/mol. The van der Waals surface area contributed by atoms with Crippen molar-refractivity contribution < 1.29 is 19.4 Å². The van der Waals surface area contributed by atoms with E-state index in [0.29, 0.717) is 23.6 Å². The van der Waals surface area contributed by atoms with Crippen LogP contribution in [0.5, 0.6) is 0 Å². The van der Waals surface area contributed by atoms with E-state index < -0.39 is 5.97 Å². The molecule has 5 nitrogen and oxygen atoms in total. The van der Waals surface area contributed by atoms with Crippen molar-refractivity contribution in [3.8, 4) is 0 Å². The van der Waals surface area contributed by atoms with E-state index in [-0.39, 0.29) is 12.6 Å². The van der Waals surface area contributed by atoms with Crippen LogP contribution in [0.4, 0.5) is 4.79 Å². The molecule has 2 aromatic rings. The van der Waals surface area contributed by atoms with Gasteiger partial charge in [-0.05, 0) is 11.5 Å². The highest BCUT2D eigenvalue weighted by molar-refractivity contribution is 7.21. The van der Waals surface area contributed by atoms with Crippen molar-refractivity contribution in [3.05, 3.63) is 34.7 Å². The summed E-state index contributed by atoms with van der Waals surface area (Å²) < 4.78 is 5.79. The minimum atomic E-state index is -0.955. The molecule has 1 aliphatic heterocycles. The van der Waals surface area contributed by atoms with Crippen LogP contribution >= 0.6 is 11.3 Å². The summed E-state index contributed by atoms with van der Waals surface area (Å²) in [6, 6.07) is 7.51. The second-order valence-electron chi connectivity index (χ2n) is 4.25. The number of carbonyl (C=O) groups is 2. The molecule has 3 rings (SSSR count). The fourth-order valence-corrected chi connectivity index (χ4v) is 3.24. The highest BCUT2D eigenvalue weighted by atomic mass is 32.1. The van der Waals surface area contributed by atoms with E-state index in [0.717, 1.165) is 10.1 Å². The fraction of sp³-hybridized carbons (Fsp3) is 0.231. The molecule has 1 aliphatic rings. The molecule has 1 aromatic heterocycles. The van der Waals surface area contributed by atoms with Gasteiger partial charge < -0.3 is 14.7 Å². The Morgan fingerprint density at radius 2 is 2.21 bits per heavy atom. The number of carboxylic acids is 1. The number of hydrogen-bond acceptors (Lipinski definition) is 4. The standard InChI is InChI=1S/C13H11NO4S/c15-12(16)11-9(7-14-5-6-18-13(14)17)8-3-1-2-4-10(8)19-11/h1-4H,5-7H2,(H,15,16). The van der Waals surface area contributed by atoms with Crippen molar-refractivity contribution in [2.45, 2.75) is 6.54 Å². The SMILES string of the molecule is O=C(O)c1sc2ccccc2c1CN1CCOC1=O. The number of aromatic carboxylic acids is 1. The topological polar surface area (TPSA) is 66.8 Å². The van der Waals surface area contributed by atoms with E-state index in [4.69, 9.17) is 4.74 Å². The van der Waals surface area contributed by atoms with E-state index in [2.05, 4.69) is 0 Å². The fourth-order valence-electron chi connectivity index (χ4n) is 2.19. The maximum Gasteiger partial charge on any atom is 0.410 e. The third-order valence-corrected chi connectivity index (χ3v) is 4.29. The van der Waals surface area contributed by atoms with Crippen molar-refractivity contribution in [2.24, 2.45) is 0 Å². The molecule has 1 fully saturated rings. The summed E-state index contributed by atoms with van der Waals surface area (Å²) in [6.45, 7) is 1.15. The summed E-state index contributed by atoms with van der Waals surface area (Å²) in [5.41, 5.74) is 0.687. The van der Waals surface area contributed by atoms with Crippen LogP contribution in [0.1, 0.15) is 15.2 Å². The zero-order valence-electron chi connectivity index (χ0n) is 9.96. The second kappa shape index (κ2) is 4.55. The average Bonchev–Trinajstić information content (AvgIpc) is 2.95. The molecule has 6 heteroatoms. The number of rotatable bonds is 3. The number of cyclic esters (lactones) is 1. The number of nitrogens with zero attached hydrogens (tertiary/aromatic N) is 1. The molecule has 1 amide bonds. The Morgan fingerprint density at radius 3 is 2.89 bits per heavy atom. The van der Waals surface area contributed by atoms with Gasteiger partial charge in [-0.1, -0.05) is 18.2 Å². The first kappa shape index (κ1) is 12.0. The molecular weight excluding hydrogens is 266 g/mol. The van der Waals surface area contributed by atoms with Gasteiger partial charge >= 0.3 is 12.1 Å². The molecule has 19 heavy (non-hydrogen) atoms. The normalized spacial score (nSPS) is 14.9. The van der Waals surface area contributed by atoms with Crippen LogP contribution in [-0.2, 0) is 11.3 Å². The number of benzene rings is 1. The van der Waals surface area contributed by atoms with Crippen LogP contribution in [0, 0.1) is 0 Å². The van der Waals surface area contributed by atoms with Gasteiger partial charge in [0.15, 0.2) is 0 Å². The van der Waals surface area contributed by atoms with Gasteiger partial charge in [0.2, 0.25) is 0 Å². The molecule has 1 aromatic carbocycles. The lowest BCUT2D eigenvalue weighted by atomic mass is 10.1. The van der Waals surface area contributed by atoms with Gasteiger partial charge in [0.1, 0.15) is 11.5 Å². The monoisotopic (exact) mass is 277 g/mol. The summed E-state index contributed by atoms with van der Waals surface area (Å²) in [4.78, 5) is 24.6. The number of carboxylic acid groups (broad SMARTS) is 1. The third-order valence-electron chi connectivity index (χ3n) is 3.09. The van der Waals surface area contributed by atoms with Gasteiger partial charge in [-0.2, -0.15) is 0 Å². The zero-order chi connectivity index (χ0) is 13.4. The van der Waals surface area contributed by atoms with E-state index in [9.17, 15) is 14.7 Å². The van der Waals surface area contributed by atoms with Crippen LogP contribution in [0.2, 0.25) is 0 Å². The molecule has 0 radical (unpaired) electrons. The van der Waals surface area contributed by atoms with Crippen molar-refractivity contribution in [1.29, 1.82) is 0 Å². The molecule has 1 saturated heterocycles. The van der Waals surface area contributed by atoms with Gasteiger partial charge in [-0.25, -0.2) is 9.59 Å². The summed E-state index contributed by atoms with van der Waals surface area (Å²) in [6.07, 6.45) is -0.383. The van der Waals surface area contributed by atoms with Gasteiger partial charge in [-0.3, -0.25) is 0 Å². The van der Waals surface area contributed by atoms with Crippen LogP contribution in [0.25, 0.3) is 10.1 Å². The van der Waals surface area contributed by atoms with Crippen molar-refractivity contribution >= 4 is 33.5 Å². The van der Waals surface area contributed by atoms with Crippen LogP contribution in [-0.4, -0.2) is 35.2 Å². The molecule has 0 saturated carbocycles. The zero-order valence-corrected chi connectivity index (χ0v) is 10.8. The highest BCUT2D eigenvalue weighted by Crippen LogP contribution is 2.32. The van der Waals surface area contributed by atoms with Gasteiger partial charge in [-0.15, -0.1) is 11.3 Å². The van der Waals surface area contributed by atoms with E-state index >= 15 is 0 Å².